The average Bonchev–Trinajstić information content (AvgIpc) is 2.72. The molecule has 2 saturated carbocycles. The molecule has 3 atom stereocenters. The Bertz CT molecular complexity index is 318. The first-order valence-corrected chi connectivity index (χ1v) is 7.41. The highest BCUT2D eigenvalue weighted by molar-refractivity contribution is 14.1. The van der Waals surface area contributed by atoms with Gasteiger partial charge < -0.3 is 9.47 Å². The van der Waals surface area contributed by atoms with E-state index in [9.17, 15) is 4.79 Å². The minimum Gasteiger partial charge on any atom is -0.447 e. The van der Waals surface area contributed by atoms with Crippen molar-refractivity contribution < 1.29 is 14.3 Å². The maximum Gasteiger partial charge on any atom is 0.309 e. The molecule has 0 aromatic rings. The highest BCUT2D eigenvalue weighted by atomic mass is 127. The van der Waals surface area contributed by atoms with E-state index in [2.05, 4.69) is 22.6 Å². The molecule has 0 N–H and O–H groups in total. The molecule has 2 fully saturated rings. The van der Waals surface area contributed by atoms with Gasteiger partial charge in [-0.05, 0) is 47.8 Å². The van der Waals surface area contributed by atoms with E-state index in [0.29, 0.717) is 12.5 Å². The van der Waals surface area contributed by atoms with Crippen molar-refractivity contribution in [3.63, 3.8) is 0 Å². The molecule has 0 aliphatic heterocycles. The fraction of sp³-hybridized carbons (Fsp3) is 0.923. The first-order chi connectivity index (χ1) is 7.92. The van der Waals surface area contributed by atoms with Gasteiger partial charge in [0.25, 0.3) is 0 Å². The fourth-order valence-corrected chi connectivity index (χ4v) is 4.77. The first kappa shape index (κ1) is 13.6. The van der Waals surface area contributed by atoms with Crippen LogP contribution in [0.4, 0.5) is 0 Å². The summed E-state index contributed by atoms with van der Waals surface area (Å²) in [5.41, 5.74) is 0.0531. The maximum absolute atomic E-state index is 11.9. The average molecular weight is 352 g/mol. The molecular weight excluding hydrogens is 331 g/mol. The van der Waals surface area contributed by atoms with E-state index in [4.69, 9.17) is 9.47 Å². The van der Waals surface area contributed by atoms with Gasteiger partial charge in [0.2, 0.25) is 0 Å². The molecule has 0 amide bonds. The van der Waals surface area contributed by atoms with Crippen molar-refractivity contribution in [2.24, 2.45) is 17.3 Å². The van der Waals surface area contributed by atoms with E-state index >= 15 is 0 Å². The van der Waals surface area contributed by atoms with E-state index in [-0.39, 0.29) is 20.9 Å². The van der Waals surface area contributed by atoms with Crippen LogP contribution in [0.25, 0.3) is 0 Å². The molecule has 2 bridgehead atoms. The number of hydrogen-bond acceptors (Lipinski definition) is 3. The van der Waals surface area contributed by atoms with Crippen LogP contribution in [-0.4, -0.2) is 23.3 Å². The zero-order valence-electron chi connectivity index (χ0n) is 10.8. The molecule has 0 saturated heterocycles. The van der Waals surface area contributed by atoms with Crippen LogP contribution in [-0.2, 0) is 14.3 Å². The standard InChI is InChI=1S/C13H21IO3/c1-9(2)11(15)17-13(14)7-10-4-5-12(13,6-10)8-16-3/h9-10H,4-8H2,1-3H3. The van der Waals surface area contributed by atoms with Crippen molar-refractivity contribution in [3.05, 3.63) is 0 Å². The van der Waals surface area contributed by atoms with Gasteiger partial charge in [-0.3, -0.25) is 4.79 Å². The second-order valence-electron chi connectivity index (χ2n) is 5.83. The van der Waals surface area contributed by atoms with Crippen molar-refractivity contribution in [1.82, 2.24) is 0 Å². The van der Waals surface area contributed by atoms with Gasteiger partial charge in [0.05, 0.1) is 12.5 Å². The van der Waals surface area contributed by atoms with E-state index < -0.39 is 0 Å². The fourth-order valence-electron chi connectivity index (χ4n) is 3.28. The Morgan fingerprint density at radius 3 is 2.71 bits per heavy atom. The van der Waals surface area contributed by atoms with Crippen molar-refractivity contribution in [3.8, 4) is 0 Å². The van der Waals surface area contributed by atoms with Crippen molar-refractivity contribution in [2.75, 3.05) is 13.7 Å². The van der Waals surface area contributed by atoms with E-state index in [1.54, 1.807) is 7.11 Å². The lowest BCUT2D eigenvalue weighted by molar-refractivity contribution is -0.164. The third-order valence-corrected chi connectivity index (χ3v) is 6.01. The highest BCUT2D eigenvalue weighted by Gasteiger charge is 2.63. The summed E-state index contributed by atoms with van der Waals surface area (Å²) in [6.45, 7) is 4.48. The normalized spacial score (nSPS) is 39.9. The zero-order valence-corrected chi connectivity index (χ0v) is 13.0. The molecule has 3 unspecified atom stereocenters. The number of fused-ring (bicyclic) bond motifs is 2. The molecule has 0 spiro atoms. The summed E-state index contributed by atoms with van der Waals surface area (Å²) >= 11 is 2.36. The van der Waals surface area contributed by atoms with Gasteiger partial charge in [-0.25, -0.2) is 0 Å². The number of ether oxygens (including phenoxy) is 2. The number of methoxy groups -OCH3 is 1. The highest BCUT2D eigenvalue weighted by Crippen LogP contribution is 2.64. The number of carbonyl (C=O) groups is 1. The summed E-state index contributed by atoms with van der Waals surface area (Å²) < 4.78 is 10.9. The Balaban J connectivity index is 2.16. The number of rotatable bonds is 4. The number of esters is 1. The molecular formula is C13H21IO3. The van der Waals surface area contributed by atoms with Gasteiger partial charge in [-0.15, -0.1) is 0 Å². The lowest BCUT2D eigenvalue weighted by atomic mass is 9.82. The molecule has 3 nitrogen and oxygen atoms in total. The molecule has 0 aromatic carbocycles. The summed E-state index contributed by atoms with van der Waals surface area (Å²) in [7, 11) is 1.74. The smallest absolute Gasteiger partial charge is 0.309 e. The van der Waals surface area contributed by atoms with Gasteiger partial charge in [0, 0.05) is 18.9 Å². The van der Waals surface area contributed by atoms with E-state index in [1.165, 1.54) is 6.42 Å². The molecule has 4 heteroatoms. The molecule has 98 valence electrons. The zero-order chi connectivity index (χ0) is 12.7. The second kappa shape index (κ2) is 4.68. The third kappa shape index (κ3) is 2.23. The van der Waals surface area contributed by atoms with Gasteiger partial charge in [0.1, 0.15) is 0 Å². The maximum atomic E-state index is 11.9. The Kier molecular flexibility index (Phi) is 3.74. The summed E-state index contributed by atoms with van der Waals surface area (Å²) in [6, 6.07) is 0. The lowest BCUT2D eigenvalue weighted by Crippen LogP contribution is -2.46. The summed E-state index contributed by atoms with van der Waals surface area (Å²) in [6.07, 6.45) is 4.53. The Morgan fingerprint density at radius 1 is 1.47 bits per heavy atom. The molecule has 2 rings (SSSR count). The number of halogens is 1. The van der Waals surface area contributed by atoms with Crippen molar-refractivity contribution in [1.29, 1.82) is 0 Å². The van der Waals surface area contributed by atoms with Gasteiger partial charge in [-0.2, -0.15) is 0 Å². The Labute approximate surface area is 117 Å². The third-order valence-electron chi connectivity index (χ3n) is 4.21. The minimum absolute atomic E-state index is 0.0531. The summed E-state index contributed by atoms with van der Waals surface area (Å²) in [5, 5.41) is 0. The molecule has 0 radical (unpaired) electrons. The van der Waals surface area contributed by atoms with Crippen LogP contribution in [0.3, 0.4) is 0 Å². The predicted octanol–water partition coefficient (Wildman–Crippen LogP) is 3.15. The second-order valence-corrected chi connectivity index (χ2v) is 7.57. The van der Waals surface area contributed by atoms with Crippen molar-refractivity contribution >= 4 is 28.6 Å². The van der Waals surface area contributed by atoms with Crippen LogP contribution in [0.15, 0.2) is 0 Å². The quantitative estimate of drug-likeness (QED) is 0.443. The van der Waals surface area contributed by atoms with Gasteiger partial charge >= 0.3 is 5.97 Å². The molecule has 2 aliphatic rings. The van der Waals surface area contributed by atoms with Gasteiger partial charge in [0.15, 0.2) is 3.61 Å². The van der Waals surface area contributed by atoms with E-state index in [1.807, 2.05) is 13.8 Å². The molecule has 2 aliphatic carbocycles. The van der Waals surface area contributed by atoms with Crippen molar-refractivity contribution in [2.45, 2.75) is 43.1 Å². The number of carbonyl (C=O) groups excluding carboxylic acids is 1. The summed E-state index contributed by atoms with van der Waals surface area (Å²) in [5.74, 6) is 0.574. The molecule has 17 heavy (non-hydrogen) atoms. The molecule has 0 heterocycles. The van der Waals surface area contributed by atoms with Crippen LogP contribution in [0.5, 0.6) is 0 Å². The first-order valence-electron chi connectivity index (χ1n) is 6.33. The summed E-state index contributed by atoms with van der Waals surface area (Å²) in [4.78, 5) is 11.9. The molecule has 0 aromatic heterocycles. The van der Waals surface area contributed by atoms with Gasteiger partial charge in [-0.1, -0.05) is 13.8 Å². The van der Waals surface area contributed by atoms with E-state index in [0.717, 1.165) is 19.3 Å². The Hall–Kier alpha value is 0.160. The van der Waals surface area contributed by atoms with Crippen LogP contribution in [0.1, 0.15) is 39.5 Å². The lowest BCUT2D eigenvalue weighted by Gasteiger charge is -2.41. The van der Waals surface area contributed by atoms with Crippen LogP contribution in [0, 0.1) is 17.3 Å². The largest absolute Gasteiger partial charge is 0.447 e. The predicted molar refractivity (Wildman–Crippen MR) is 73.9 cm³/mol. The number of hydrogen-bond donors (Lipinski definition) is 0. The minimum atomic E-state index is -0.342. The number of alkyl halides is 1. The van der Waals surface area contributed by atoms with Crippen LogP contribution >= 0.6 is 22.6 Å². The van der Waals surface area contributed by atoms with Crippen LogP contribution in [0.2, 0.25) is 0 Å². The Morgan fingerprint density at radius 2 is 2.18 bits per heavy atom. The topological polar surface area (TPSA) is 35.5 Å². The monoisotopic (exact) mass is 352 g/mol. The van der Waals surface area contributed by atoms with Crippen LogP contribution < -0.4 is 0 Å². The SMILES string of the molecule is COCC12CCC(C1)CC2(I)OC(=O)C(C)C.